The molecule has 0 heterocycles. The first-order chi connectivity index (χ1) is 10.2. The third-order valence-corrected chi connectivity index (χ3v) is 4.84. The molecule has 8 heteroatoms. The Bertz CT molecular complexity index is 627. The van der Waals surface area contributed by atoms with Crippen LogP contribution < -0.4 is 5.32 Å². The van der Waals surface area contributed by atoms with Gasteiger partial charge in [-0.25, -0.2) is 8.42 Å². The van der Waals surface area contributed by atoms with Crippen LogP contribution in [0.15, 0.2) is 24.3 Å². The van der Waals surface area contributed by atoms with Crippen LogP contribution in [0.5, 0.6) is 0 Å². The highest BCUT2D eigenvalue weighted by molar-refractivity contribution is 7.92. The van der Waals surface area contributed by atoms with Crippen LogP contribution >= 0.6 is 11.6 Å². The molecule has 2 N–H and O–H groups in total. The summed E-state index contributed by atoms with van der Waals surface area (Å²) < 4.78 is 23.3. The minimum absolute atomic E-state index is 0.0784. The fourth-order valence-corrected chi connectivity index (χ4v) is 3.32. The molecule has 0 unspecified atom stereocenters. The lowest BCUT2D eigenvalue weighted by atomic mass is 10.0. The van der Waals surface area contributed by atoms with Crippen LogP contribution in [0, 0.1) is 0 Å². The summed E-state index contributed by atoms with van der Waals surface area (Å²) >= 11 is 5.77. The van der Waals surface area contributed by atoms with E-state index in [1.54, 1.807) is 31.2 Å². The Hall–Kier alpha value is -1.60. The Balaban J connectivity index is 2.83. The van der Waals surface area contributed by atoms with Gasteiger partial charge in [0.25, 0.3) is 0 Å². The second-order valence-corrected chi connectivity index (χ2v) is 7.48. The van der Waals surface area contributed by atoms with Crippen molar-refractivity contribution in [2.45, 2.75) is 25.8 Å². The number of aliphatic carboxylic acids is 1. The molecule has 0 aliphatic carbocycles. The summed E-state index contributed by atoms with van der Waals surface area (Å²) in [5, 5.41) is 11.9. The van der Waals surface area contributed by atoms with Crippen LogP contribution in [0.1, 0.15) is 31.4 Å². The van der Waals surface area contributed by atoms with Crippen molar-refractivity contribution in [3.63, 3.8) is 0 Å². The predicted molar refractivity (Wildman–Crippen MR) is 83.5 cm³/mol. The molecule has 0 spiro atoms. The van der Waals surface area contributed by atoms with Crippen LogP contribution in [0.4, 0.5) is 0 Å². The highest BCUT2D eigenvalue weighted by Crippen LogP contribution is 2.19. The van der Waals surface area contributed by atoms with Crippen molar-refractivity contribution >= 4 is 33.3 Å². The first kappa shape index (κ1) is 18.4. The smallest absolute Gasteiger partial charge is 0.305 e. The van der Waals surface area contributed by atoms with Crippen molar-refractivity contribution in [2.75, 3.05) is 11.5 Å². The van der Waals surface area contributed by atoms with Crippen LogP contribution in [0.2, 0.25) is 5.02 Å². The highest BCUT2D eigenvalue weighted by Gasteiger charge is 2.21. The third kappa shape index (κ3) is 6.44. The van der Waals surface area contributed by atoms with E-state index in [2.05, 4.69) is 5.32 Å². The van der Waals surface area contributed by atoms with Crippen molar-refractivity contribution in [2.24, 2.45) is 0 Å². The molecule has 0 fully saturated rings. The van der Waals surface area contributed by atoms with Gasteiger partial charge in [0.2, 0.25) is 5.91 Å². The molecule has 1 aromatic rings. The van der Waals surface area contributed by atoms with E-state index in [9.17, 15) is 18.0 Å². The highest BCUT2D eigenvalue weighted by atomic mass is 35.5. The van der Waals surface area contributed by atoms with Gasteiger partial charge in [-0.3, -0.25) is 9.59 Å². The molecule has 1 atom stereocenters. The summed E-state index contributed by atoms with van der Waals surface area (Å²) in [4.78, 5) is 22.8. The first-order valence-electron chi connectivity index (χ1n) is 6.70. The zero-order chi connectivity index (χ0) is 16.8. The molecular formula is C14H18ClNO5S. The molecule has 122 valence electrons. The predicted octanol–water partition coefficient (Wildman–Crippen LogP) is 1.80. The molecule has 1 aromatic carbocycles. The number of sulfone groups is 1. The Morgan fingerprint density at radius 2 is 1.86 bits per heavy atom. The van der Waals surface area contributed by atoms with E-state index in [-0.39, 0.29) is 12.2 Å². The van der Waals surface area contributed by atoms with Crippen molar-refractivity contribution in [3.8, 4) is 0 Å². The zero-order valence-electron chi connectivity index (χ0n) is 12.1. The quantitative estimate of drug-likeness (QED) is 0.746. The number of rotatable bonds is 8. The van der Waals surface area contributed by atoms with Crippen molar-refractivity contribution in [3.05, 3.63) is 34.9 Å². The second-order valence-electron chi connectivity index (χ2n) is 4.86. The number of hydrogen-bond acceptors (Lipinski definition) is 4. The van der Waals surface area contributed by atoms with Gasteiger partial charge in [0.05, 0.1) is 18.2 Å². The van der Waals surface area contributed by atoms with Gasteiger partial charge in [0.15, 0.2) is 9.84 Å². The average Bonchev–Trinajstić information content (AvgIpc) is 2.37. The lowest BCUT2D eigenvalue weighted by Crippen LogP contribution is -2.35. The van der Waals surface area contributed by atoms with Crippen molar-refractivity contribution in [1.29, 1.82) is 0 Å². The Labute approximate surface area is 134 Å². The summed E-state index contributed by atoms with van der Waals surface area (Å²) in [6.07, 6.45) is 0.0759. The van der Waals surface area contributed by atoms with E-state index in [4.69, 9.17) is 16.7 Å². The van der Waals surface area contributed by atoms with Crippen LogP contribution in [-0.2, 0) is 19.4 Å². The maximum atomic E-state index is 11.9. The normalized spacial score (nSPS) is 12.6. The van der Waals surface area contributed by atoms with Gasteiger partial charge in [-0.2, -0.15) is 0 Å². The van der Waals surface area contributed by atoms with E-state index in [1.807, 2.05) is 0 Å². The van der Waals surface area contributed by atoms with Gasteiger partial charge in [0, 0.05) is 5.02 Å². The molecule has 0 saturated carbocycles. The summed E-state index contributed by atoms with van der Waals surface area (Å²) in [7, 11) is -3.47. The monoisotopic (exact) mass is 347 g/mol. The molecule has 0 saturated heterocycles. The number of carboxylic acid groups (broad SMARTS) is 1. The van der Waals surface area contributed by atoms with Crippen molar-refractivity contribution in [1.82, 2.24) is 5.32 Å². The number of carbonyl (C=O) groups excluding carboxylic acids is 1. The lowest BCUT2D eigenvalue weighted by molar-refractivity contribution is -0.137. The maximum Gasteiger partial charge on any atom is 0.305 e. The van der Waals surface area contributed by atoms with Gasteiger partial charge in [0.1, 0.15) is 5.75 Å². The largest absolute Gasteiger partial charge is 0.481 e. The number of amides is 1. The van der Waals surface area contributed by atoms with Gasteiger partial charge >= 0.3 is 5.97 Å². The zero-order valence-corrected chi connectivity index (χ0v) is 13.7. The van der Waals surface area contributed by atoms with E-state index in [1.165, 1.54) is 0 Å². The number of carbonyl (C=O) groups is 2. The lowest BCUT2D eigenvalue weighted by Gasteiger charge is -2.17. The molecule has 6 nitrogen and oxygen atoms in total. The topological polar surface area (TPSA) is 101 Å². The summed E-state index contributed by atoms with van der Waals surface area (Å²) in [5.41, 5.74) is 0.549. The Kier molecular flexibility index (Phi) is 6.83. The number of hydrogen-bond donors (Lipinski definition) is 2. The number of carboxylic acids is 1. The van der Waals surface area contributed by atoms with E-state index in [0.717, 1.165) is 0 Å². The van der Waals surface area contributed by atoms with Gasteiger partial charge in [-0.15, -0.1) is 0 Å². The van der Waals surface area contributed by atoms with Gasteiger partial charge in [-0.05, 0) is 24.1 Å². The molecule has 0 bridgehead atoms. The Morgan fingerprint density at radius 3 is 2.36 bits per heavy atom. The summed E-state index contributed by atoms with van der Waals surface area (Å²) in [6, 6.07) is 5.53. The maximum absolute atomic E-state index is 11.9. The van der Waals surface area contributed by atoms with E-state index >= 15 is 0 Å². The summed E-state index contributed by atoms with van der Waals surface area (Å²) in [6.45, 7) is 1.70. The first-order valence-corrected chi connectivity index (χ1v) is 8.90. The molecule has 0 aliphatic heterocycles. The average molecular weight is 348 g/mol. The second kappa shape index (κ2) is 8.14. The summed E-state index contributed by atoms with van der Waals surface area (Å²) in [5.74, 6) is -2.54. The van der Waals surface area contributed by atoms with Gasteiger partial charge in [-0.1, -0.05) is 30.7 Å². The molecule has 0 aromatic heterocycles. The van der Waals surface area contributed by atoms with Crippen LogP contribution in [-0.4, -0.2) is 36.9 Å². The minimum Gasteiger partial charge on any atom is -0.481 e. The fraction of sp³-hybridized carbons (Fsp3) is 0.429. The number of benzene rings is 1. The minimum atomic E-state index is -3.47. The third-order valence-electron chi connectivity index (χ3n) is 2.85. The van der Waals surface area contributed by atoms with E-state index < -0.39 is 33.5 Å². The molecular weight excluding hydrogens is 330 g/mol. The molecule has 1 amide bonds. The SMILES string of the molecule is CCCS(=O)(=O)CC(=O)N[C@@H](CC(=O)O)c1ccc(Cl)cc1. The molecule has 0 radical (unpaired) electrons. The van der Waals surface area contributed by atoms with Crippen LogP contribution in [0.3, 0.4) is 0 Å². The fourth-order valence-electron chi connectivity index (χ4n) is 1.94. The standard InChI is InChI=1S/C14H18ClNO5S/c1-2-7-22(20,21)9-13(17)16-12(8-14(18)19)10-3-5-11(15)6-4-10/h3-6,12H,2,7-9H2,1H3,(H,16,17)(H,18,19)/t12-/m0/s1. The van der Waals surface area contributed by atoms with Crippen LogP contribution in [0.25, 0.3) is 0 Å². The van der Waals surface area contributed by atoms with E-state index in [0.29, 0.717) is 17.0 Å². The molecule has 1 rings (SSSR count). The Morgan fingerprint density at radius 1 is 1.27 bits per heavy atom. The number of halogens is 1. The number of nitrogens with one attached hydrogen (secondary N) is 1. The van der Waals surface area contributed by atoms with Crippen molar-refractivity contribution < 1.29 is 23.1 Å². The van der Waals surface area contributed by atoms with Gasteiger partial charge < -0.3 is 10.4 Å². The molecule has 0 aliphatic rings. The molecule has 22 heavy (non-hydrogen) atoms.